The van der Waals surface area contributed by atoms with Crippen molar-refractivity contribution in [1.29, 1.82) is 0 Å². The molecule has 0 atom stereocenters. The van der Waals surface area contributed by atoms with Crippen molar-refractivity contribution in [2.75, 3.05) is 5.32 Å². The fraction of sp³-hybridized carbons (Fsp3) is 0.400. The van der Waals surface area contributed by atoms with Crippen LogP contribution in [0.5, 0.6) is 0 Å². The number of fused-ring (bicyclic) bond motifs is 1. The topological polar surface area (TPSA) is 68.2 Å². The van der Waals surface area contributed by atoms with Crippen LogP contribution in [-0.4, -0.2) is 20.6 Å². The number of imidazole rings is 1. The van der Waals surface area contributed by atoms with Crippen LogP contribution < -0.4 is 11.1 Å². The Morgan fingerprint density at radius 1 is 1.47 bits per heavy atom. The molecule has 0 aromatic carbocycles. The summed E-state index contributed by atoms with van der Waals surface area (Å²) in [5.74, 6) is 0.901. The summed E-state index contributed by atoms with van der Waals surface area (Å²) in [5, 5.41) is 7.80. The van der Waals surface area contributed by atoms with E-state index in [1.54, 1.807) is 10.7 Å². The van der Waals surface area contributed by atoms with Crippen LogP contribution in [0.2, 0.25) is 0 Å². The normalized spacial score (nSPS) is 15.8. The van der Waals surface area contributed by atoms with Gasteiger partial charge in [-0.05, 0) is 25.0 Å². The van der Waals surface area contributed by atoms with Gasteiger partial charge in [0.1, 0.15) is 5.82 Å². The molecule has 0 unspecified atom stereocenters. The number of nitrogens with zero attached hydrogens (tertiary/aromatic N) is 3. The van der Waals surface area contributed by atoms with E-state index < -0.39 is 0 Å². The molecule has 2 heterocycles. The van der Waals surface area contributed by atoms with Crippen LogP contribution in [0.1, 0.15) is 18.5 Å². The highest BCUT2D eigenvalue weighted by Crippen LogP contribution is 2.23. The van der Waals surface area contributed by atoms with Crippen molar-refractivity contribution >= 4 is 11.5 Å². The third-order valence-corrected chi connectivity index (χ3v) is 2.57. The molecule has 1 saturated carbocycles. The van der Waals surface area contributed by atoms with Crippen LogP contribution in [0.15, 0.2) is 18.3 Å². The zero-order chi connectivity index (χ0) is 10.3. The zero-order valence-electron chi connectivity index (χ0n) is 8.35. The van der Waals surface area contributed by atoms with Gasteiger partial charge in [-0.3, -0.25) is 0 Å². The van der Waals surface area contributed by atoms with Gasteiger partial charge in [-0.25, -0.2) is 9.50 Å². The first kappa shape index (κ1) is 8.67. The monoisotopic (exact) mass is 203 g/mol. The third kappa shape index (κ3) is 1.55. The van der Waals surface area contributed by atoms with E-state index in [-0.39, 0.29) is 0 Å². The quantitative estimate of drug-likeness (QED) is 0.772. The van der Waals surface area contributed by atoms with Crippen LogP contribution in [0, 0.1) is 0 Å². The second-order valence-electron chi connectivity index (χ2n) is 3.86. The molecule has 78 valence electrons. The first-order chi connectivity index (χ1) is 7.36. The lowest BCUT2D eigenvalue weighted by Crippen LogP contribution is -2.08. The first-order valence-electron chi connectivity index (χ1n) is 5.17. The van der Waals surface area contributed by atoms with Gasteiger partial charge in [-0.15, -0.1) is 5.10 Å². The number of rotatable bonds is 3. The van der Waals surface area contributed by atoms with E-state index in [2.05, 4.69) is 15.4 Å². The van der Waals surface area contributed by atoms with Crippen LogP contribution in [-0.2, 0) is 6.54 Å². The molecule has 3 rings (SSSR count). The summed E-state index contributed by atoms with van der Waals surface area (Å²) < 4.78 is 1.80. The molecule has 1 aliphatic rings. The van der Waals surface area contributed by atoms with Gasteiger partial charge in [-0.1, -0.05) is 0 Å². The van der Waals surface area contributed by atoms with Crippen molar-refractivity contribution in [3.05, 3.63) is 24.0 Å². The lowest BCUT2D eigenvalue weighted by molar-refractivity contribution is 0.843. The van der Waals surface area contributed by atoms with Gasteiger partial charge >= 0.3 is 0 Å². The molecule has 1 fully saturated rings. The minimum absolute atomic E-state index is 0.459. The summed E-state index contributed by atoms with van der Waals surface area (Å²) in [6.07, 6.45) is 4.25. The highest BCUT2D eigenvalue weighted by atomic mass is 15.3. The van der Waals surface area contributed by atoms with Gasteiger partial charge in [0.05, 0.1) is 11.9 Å². The summed E-state index contributed by atoms with van der Waals surface area (Å²) in [5.41, 5.74) is 7.38. The van der Waals surface area contributed by atoms with E-state index in [0.29, 0.717) is 12.6 Å². The molecule has 0 spiro atoms. The van der Waals surface area contributed by atoms with Crippen LogP contribution >= 0.6 is 0 Å². The second kappa shape index (κ2) is 3.20. The Kier molecular flexibility index (Phi) is 1.85. The van der Waals surface area contributed by atoms with Crippen molar-refractivity contribution < 1.29 is 0 Å². The molecule has 2 aromatic rings. The molecule has 1 aliphatic carbocycles. The predicted octanol–water partition coefficient (Wildman–Crippen LogP) is 0.762. The molecular weight excluding hydrogens is 190 g/mol. The van der Waals surface area contributed by atoms with Gasteiger partial charge in [0.2, 0.25) is 0 Å². The Bertz CT molecular complexity index is 486. The first-order valence-corrected chi connectivity index (χ1v) is 5.17. The standard InChI is InChI=1S/C10H13N5/c11-5-8-6-12-10-4-3-9(14-15(8)10)13-7-1-2-7/h3-4,6-7H,1-2,5,11H2,(H,13,14). The summed E-state index contributed by atoms with van der Waals surface area (Å²) in [7, 11) is 0. The highest BCUT2D eigenvalue weighted by Gasteiger charge is 2.21. The van der Waals surface area contributed by atoms with E-state index >= 15 is 0 Å². The van der Waals surface area contributed by atoms with Crippen LogP contribution in [0.25, 0.3) is 5.65 Å². The fourth-order valence-electron chi connectivity index (χ4n) is 1.57. The predicted molar refractivity (Wildman–Crippen MR) is 57.5 cm³/mol. The smallest absolute Gasteiger partial charge is 0.153 e. The van der Waals surface area contributed by atoms with Crippen molar-refractivity contribution in [3.63, 3.8) is 0 Å². The van der Waals surface area contributed by atoms with Crippen LogP contribution in [0.4, 0.5) is 5.82 Å². The molecule has 0 aliphatic heterocycles. The fourth-order valence-corrected chi connectivity index (χ4v) is 1.57. The lowest BCUT2D eigenvalue weighted by Gasteiger charge is -2.04. The number of nitrogens with one attached hydrogen (secondary N) is 1. The highest BCUT2D eigenvalue weighted by molar-refractivity contribution is 5.46. The Morgan fingerprint density at radius 2 is 2.33 bits per heavy atom. The summed E-state index contributed by atoms with van der Waals surface area (Å²) in [6.45, 7) is 0.459. The molecule has 15 heavy (non-hydrogen) atoms. The number of nitrogens with two attached hydrogens (primary N) is 1. The molecular formula is C10H13N5. The molecule has 0 amide bonds. The van der Waals surface area contributed by atoms with Crippen LogP contribution in [0.3, 0.4) is 0 Å². The van der Waals surface area contributed by atoms with Gasteiger partial charge < -0.3 is 11.1 Å². The maximum Gasteiger partial charge on any atom is 0.153 e. The average Bonchev–Trinajstić information content (AvgIpc) is 2.97. The average molecular weight is 203 g/mol. The molecule has 2 aromatic heterocycles. The minimum Gasteiger partial charge on any atom is -0.366 e. The Hall–Kier alpha value is -1.62. The van der Waals surface area contributed by atoms with Crippen molar-refractivity contribution in [3.8, 4) is 0 Å². The molecule has 0 bridgehead atoms. The maximum atomic E-state index is 5.60. The lowest BCUT2D eigenvalue weighted by atomic mass is 10.5. The third-order valence-electron chi connectivity index (χ3n) is 2.57. The van der Waals surface area contributed by atoms with Gasteiger partial charge in [0.25, 0.3) is 0 Å². The Balaban J connectivity index is 2.01. The van der Waals surface area contributed by atoms with Crippen molar-refractivity contribution in [2.24, 2.45) is 5.73 Å². The SMILES string of the molecule is NCc1cnc2ccc(NC3CC3)nn12. The summed E-state index contributed by atoms with van der Waals surface area (Å²) >= 11 is 0. The van der Waals surface area contributed by atoms with Gasteiger partial charge in [-0.2, -0.15) is 0 Å². The molecule has 0 radical (unpaired) electrons. The van der Waals surface area contributed by atoms with E-state index in [1.165, 1.54) is 12.8 Å². The van der Waals surface area contributed by atoms with E-state index in [4.69, 9.17) is 5.73 Å². The van der Waals surface area contributed by atoms with E-state index in [1.807, 2.05) is 12.1 Å². The summed E-state index contributed by atoms with van der Waals surface area (Å²) in [6, 6.07) is 4.53. The van der Waals surface area contributed by atoms with E-state index in [0.717, 1.165) is 17.2 Å². The van der Waals surface area contributed by atoms with Crippen molar-refractivity contribution in [2.45, 2.75) is 25.4 Å². The molecule has 3 N–H and O–H groups in total. The number of hydrogen-bond donors (Lipinski definition) is 2. The Morgan fingerprint density at radius 3 is 3.07 bits per heavy atom. The largest absolute Gasteiger partial charge is 0.366 e. The second-order valence-corrected chi connectivity index (χ2v) is 3.86. The number of anilines is 1. The zero-order valence-corrected chi connectivity index (χ0v) is 8.35. The molecule has 0 saturated heterocycles. The van der Waals surface area contributed by atoms with Crippen molar-refractivity contribution in [1.82, 2.24) is 14.6 Å². The number of hydrogen-bond acceptors (Lipinski definition) is 4. The van der Waals surface area contributed by atoms with Gasteiger partial charge in [0.15, 0.2) is 5.65 Å². The molecule has 5 nitrogen and oxygen atoms in total. The van der Waals surface area contributed by atoms with Gasteiger partial charge in [0, 0.05) is 12.6 Å². The van der Waals surface area contributed by atoms with E-state index in [9.17, 15) is 0 Å². The maximum absolute atomic E-state index is 5.60. The molecule has 5 heteroatoms. The summed E-state index contributed by atoms with van der Waals surface area (Å²) in [4.78, 5) is 4.22. The Labute approximate surface area is 87.3 Å². The minimum atomic E-state index is 0.459. The number of aromatic nitrogens is 3.